The van der Waals surface area contributed by atoms with Gasteiger partial charge in [-0.2, -0.15) is 5.10 Å². The van der Waals surface area contributed by atoms with Crippen molar-refractivity contribution in [3.63, 3.8) is 0 Å². The maximum Gasteiger partial charge on any atom is 0.269 e. The second-order valence-electron chi connectivity index (χ2n) is 5.72. The van der Waals surface area contributed by atoms with E-state index in [1.807, 2.05) is 12.2 Å². The zero-order chi connectivity index (χ0) is 17.1. The Morgan fingerprint density at radius 1 is 1.25 bits per heavy atom. The molecule has 2 unspecified atom stereocenters. The van der Waals surface area contributed by atoms with Gasteiger partial charge in [-0.05, 0) is 31.0 Å². The van der Waals surface area contributed by atoms with Crippen molar-refractivity contribution in [2.45, 2.75) is 18.9 Å². The summed E-state index contributed by atoms with van der Waals surface area (Å²) >= 11 is 0. The molecule has 1 aromatic carbocycles. The van der Waals surface area contributed by atoms with Gasteiger partial charge in [0.1, 0.15) is 11.4 Å². The number of aromatic hydroxyl groups is 1. The fourth-order valence-electron chi connectivity index (χ4n) is 2.80. The van der Waals surface area contributed by atoms with E-state index in [9.17, 15) is 14.7 Å². The summed E-state index contributed by atoms with van der Waals surface area (Å²) in [4.78, 5) is 23.9. The number of carbonyl (C=O) groups is 2. The maximum absolute atomic E-state index is 12.4. The third-order valence-corrected chi connectivity index (χ3v) is 4.12. The van der Waals surface area contributed by atoms with Crippen LogP contribution >= 0.6 is 0 Å². The van der Waals surface area contributed by atoms with E-state index in [4.69, 9.17) is 5.73 Å². The van der Waals surface area contributed by atoms with Gasteiger partial charge in [0.2, 0.25) is 5.91 Å². The van der Waals surface area contributed by atoms with Crippen LogP contribution in [0.25, 0.3) is 11.3 Å². The van der Waals surface area contributed by atoms with Crippen LogP contribution in [0, 0.1) is 5.92 Å². The molecule has 1 aliphatic carbocycles. The van der Waals surface area contributed by atoms with E-state index in [1.54, 1.807) is 30.3 Å². The first kappa shape index (κ1) is 15.8. The average Bonchev–Trinajstić information content (AvgIpc) is 3.05. The molecule has 0 fully saturated rings. The Labute approximate surface area is 138 Å². The maximum atomic E-state index is 12.4. The van der Waals surface area contributed by atoms with Crippen LogP contribution in [0.15, 0.2) is 42.5 Å². The fraction of sp³-hybridized carbons (Fsp3) is 0.235. The Morgan fingerprint density at radius 3 is 2.75 bits per heavy atom. The number of phenols is 1. The SMILES string of the molecule is NC(=O)C1CC=CCC1NC(=O)c1cc(-c2ccccc2O)n[nH]1. The molecule has 0 aliphatic heterocycles. The van der Waals surface area contributed by atoms with Crippen molar-refractivity contribution in [3.05, 3.63) is 48.2 Å². The second-order valence-corrected chi connectivity index (χ2v) is 5.72. The van der Waals surface area contributed by atoms with Gasteiger partial charge in [-0.15, -0.1) is 0 Å². The fourth-order valence-corrected chi connectivity index (χ4v) is 2.80. The van der Waals surface area contributed by atoms with Crippen molar-refractivity contribution in [3.8, 4) is 17.0 Å². The molecule has 1 aromatic heterocycles. The summed E-state index contributed by atoms with van der Waals surface area (Å²) < 4.78 is 0. The predicted octanol–water partition coefficient (Wildman–Crippen LogP) is 1.33. The van der Waals surface area contributed by atoms with E-state index in [2.05, 4.69) is 15.5 Å². The van der Waals surface area contributed by atoms with Crippen molar-refractivity contribution in [2.24, 2.45) is 11.7 Å². The first-order chi connectivity index (χ1) is 11.6. The highest BCUT2D eigenvalue weighted by atomic mass is 16.3. The molecule has 0 radical (unpaired) electrons. The van der Waals surface area contributed by atoms with Gasteiger partial charge in [-0.25, -0.2) is 0 Å². The monoisotopic (exact) mass is 326 g/mol. The highest BCUT2D eigenvalue weighted by Crippen LogP contribution is 2.27. The number of hydrogen-bond acceptors (Lipinski definition) is 4. The molecule has 7 heteroatoms. The zero-order valence-electron chi connectivity index (χ0n) is 12.9. The van der Waals surface area contributed by atoms with Gasteiger partial charge >= 0.3 is 0 Å². The van der Waals surface area contributed by atoms with Crippen LogP contribution in [0.3, 0.4) is 0 Å². The van der Waals surface area contributed by atoms with Crippen LogP contribution in [-0.2, 0) is 4.79 Å². The Balaban J connectivity index is 1.76. The molecule has 0 bridgehead atoms. The highest BCUT2D eigenvalue weighted by molar-refractivity contribution is 5.94. The number of aromatic nitrogens is 2. The molecular weight excluding hydrogens is 308 g/mol. The Bertz CT molecular complexity index is 797. The van der Waals surface area contributed by atoms with Gasteiger partial charge in [0.25, 0.3) is 5.91 Å². The average molecular weight is 326 g/mol. The number of amides is 2. The number of primary amides is 1. The van der Waals surface area contributed by atoms with Crippen molar-refractivity contribution >= 4 is 11.8 Å². The zero-order valence-corrected chi connectivity index (χ0v) is 12.9. The van der Waals surface area contributed by atoms with Crippen LogP contribution < -0.4 is 11.1 Å². The van der Waals surface area contributed by atoms with E-state index >= 15 is 0 Å². The molecule has 24 heavy (non-hydrogen) atoms. The van der Waals surface area contributed by atoms with Gasteiger partial charge in [0, 0.05) is 11.6 Å². The number of allylic oxidation sites excluding steroid dienone is 1. The van der Waals surface area contributed by atoms with Crippen LogP contribution in [-0.4, -0.2) is 33.2 Å². The van der Waals surface area contributed by atoms with Gasteiger partial charge in [0.05, 0.1) is 11.6 Å². The van der Waals surface area contributed by atoms with Crippen molar-refractivity contribution in [1.82, 2.24) is 15.5 Å². The first-order valence-corrected chi connectivity index (χ1v) is 7.65. The van der Waals surface area contributed by atoms with Crippen molar-refractivity contribution in [1.29, 1.82) is 0 Å². The molecule has 5 N–H and O–H groups in total. The molecule has 2 aromatic rings. The van der Waals surface area contributed by atoms with Crippen LogP contribution in [0.2, 0.25) is 0 Å². The van der Waals surface area contributed by atoms with E-state index in [1.165, 1.54) is 0 Å². The molecule has 0 spiro atoms. The van der Waals surface area contributed by atoms with E-state index in [0.29, 0.717) is 24.1 Å². The minimum absolute atomic E-state index is 0.0853. The van der Waals surface area contributed by atoms with Crippen LogP contribution in [0.4, 0.5) is 0 Å². The molecule has 2 atom stereocenters. The van der Waals surface area contributed by atoms with E-state index in [0.717, 1.165) is 0 Å². The van der Waals surface area contributed by atoms with Crippen molar-refractivity contribution in [2.75, 3.05) is 0 Å². The Morgan fingerprint density at radius 2 is 2.00 bits per heavy atom. The lowest BCUT2D eigenvalue weighted by Crippen LogP contribution is -2.46. The summed E-state index contributed by atoms with van der Waals surface area (Å²) in [7, 11) is 0. The predicted molar refractivity (Wildman–Crippen MR) is 88.0 cm³/mol. The second kappa shape index (κ2) is 6.57. The summed E-state index contributed by atoms with van der Waals surface area (Å²) in [5, 5.41) is 19.4. The topological polar surface area (TPSA) is 121 Å². The number of H-pyrrole nitrogens is 1. The van der Waals surface area contributed by atoms with Crippen LogP contribution in [0.5, 0.6) is 5.75 Å². The Kier molecular flexibility index (Phi) is 4.33. The third-order valence-electron chi connectivity index (χ3n) is 4.12. The summed E-state index contributed by atoms with van der Waals surface area (Å²) in [6.07, 6.45) is 4.89. The molecule has 124 valence electrons. The third kappa shape index (κ3) is 3.15. The summed E-state index contributed by atoms with van der Waals surface area (Å²) in [6, 6.07) is 7.96. The quantitative estimate of drug-likeness (QED) is 0.633. The Hall–Kier alpha value is -3.09. The summed E-state index contributed by atoms with van der Waals surface area (Å²) in [5.74, 6) is -1.12. The standard InChI is InChI=1S/C17H18N4O3/c18-16(23)11-6-1-3-7-12(11)19-17(24)14-9-13(20-21-14)10-5-2-4-8-15(10)22/h1-5,8-9,11-12,22H,6-7H2,(H2,18,23)(H,19,24)(H,20,21). The molecule has 2 amide bonds. The van der Waals surface area contributed by atoms with Gasteiger partial charge in [-0.1, -0.05) is 24.3 Å². The summed E-state index contributed by atoms with van der Waals surface area (Å²) in [6.45, 7) is 0. The molecule has 0 saturated heterocycles. The number of hydrogen-bond donors (Lipinski definition) is 4. The van der Waals surface area contributed by atoms with Gasteiger partial charge in [0.15, 0.2) is 0 Å². The number of nitrogens with two attached hydrogens (primary N) is 1. The minimum Gasteiger partial charge on any atom is -0.507 e. The number of nitrogens with one attached hydrogen (secondary N) is 2. The largest absolute Gasteiger partial charge is 0.507 e. The van der Waals surface area contributed by atoms with E-state index < -0.39 is 11.8 Å². The van der Waals surface area contributed by atoms with E-state index in [-0.39, 0.29) is 23.4 Å². The number of aromatic amines is 1. The van der Waals surface area contributed by atoms with Gasteiger partial charge < -0.3 is 16.2 Å². The number of para-hydroxylation sites is 1. The molecule has 1 aliphatic rings. The lowest BCUT2D eigenvalue weighted by molar-refractivity contribution is -0.122. The normalized spacial score (nSPS) is 19.8. The smallest absolute Gasteiger partial charge is 0.269 e. The molecule has 1 heterocycles. The number of carbonyl (C=O) groups excluding carboxylic acids is 2. The minimum atomic E-state index is -0.427. The molecule has 7 nitrogen and oxygen atoms in total. The first-order valence-electron chi connectivity index (χ1n) is 7.65. The molecule has 0 saturated carbocycles. The highest BCUT2D eigenvalue weighted by Gasteiger charge is 2.29. The van der Waals surface area contributed by atoms with Gasteiger partial charge in [-0.3, -0.25) is 14.7 Å². The lowest BCUT2D eigenvalue weighted by Gasteiger charge is -2.26. The number of phenolic OH excluding ortho intramolecular Hbond substituents is 1. The molecule has 3 rings (SSSR count). The summed E-state index contributed by atoms with van der Waals surface area (Å²) in [5.41, 5.74) is 6.65. The number of nitrogens with zero attached hydrogens (tertiary/aromatic N) is 1. The van der Waals surface area contributed by atoms with Crippen LogP contribution in [0.1, 0.15) is 23.3 Å². The number of benzene rings is 1. The number of rotatable bonds is 4. The molecular formula is C17H18N4O3. The lowest BCUT2D eigenvalue weighted by atomic mass is 9.88. The van der Waals surface area contributed by atoms with Crippen molar-refractivity contribution < 1.29 is 14.7 Å².